The molecule has 1 amide bonds. The number of aryl methyl sites for hydroxylation is 1. The van der Waals surface area contributed by atoms with Crippen molar-refractivity contribution in [3.63, 3.8) is 0 Å². The molecule has 0 aromatic carbocycles. The molecule has 4 heterocycles. The van der Waals surface area contributed by atoms with Crippen molar-refractivity contribution in [2.24, 2.45) is 0 Å². The molecule has 0 radical (unpaired) electrons. The lowest BCUT2D eigenvalue weighted by molar-refractivity contribution is 0.0756. The number of anilines is 1. The molecule has 1 saturated heterocycles. The lowest BCUT2D eigenvalue weighted by Crippen LogP contribution is -2.45. The fourth-order valence-electron chi connectivity index (χ4n) is 3.66. The Labute approximate surface area is 152 Å². The second-order valence-corrected chi connectivity index (χ2v) is 6.96. The summed E-state index contributed by atoms with van der Waals surface area (Å²) in [4.78, 5) is 32.4. The Balaban J connectivity index is 1.54. The summed E-state index contributed by atoms with van der Waals surface area (Å²) >= 11 is 0. The van der Waals surface area contributed by atoms with Gasteiger partial charge in [0.15, 0.2) is 12.1 Å². The topological polar surface area (TPSA) is 78.6 Å². The van der Waals surface area contributed by atoms with Crippen molar-refractivity contribution in [1.82, 2.24) is 24.8 Å². The molecule has 1 fully saturated rings. The van der Waals surface area contributed by atoms with E-state index in [0.717, 1.165) is 50.5 Å². The first kappa shape index (κ1) is 17.0. The monoisotopic (exact) mass is 356 g/mol. The fraction of sp³-hybridized carbons (Fsp3) is 0.556. The van der Waals surface area contributed by atoms with Gasteiger partial charge in [0.25, 0.3) is 5.91 Å². The summed E-state index contributed by atoms with van der Waals surface area (Å²) in [5.74, 6) is 1.53. The second kappa shape index (κ2) is 7.03. The van der Waals surface area contributed by atoms with Crippen LogP contribution >= 0.6 is 0 Å². The van der Waals surface area contributed by atoms with Crippen LogP contribution in [0.5, 0.6) is 0 Å². The highest BCUT2D eigenvalue weighted by Crippen LogP contribution is 2.25. The molecule has 4 rings (SSSR count). The van der Waals surface area contributed by atoms with E-state index in [1.807, 2.05) is 4.90 Å². The molecule has 2 aromatic rings. The van der Waals surface area contributed by atoms with E-state index in [-0.39, 0.29) is 5.91 Å². The van der Waals surface area contributed by atoms with Crippen LogP contribution in [0.15, 0.2) is 17.1 Å². The SMILES string of the molecule is Cc1ocnc1C(=O)N1CCc2ncnc(N3CCN(C)CC3)c2CC1. The van der Waals surface area contributed by atoms with E-state index in [0.29, 0.717) is 24.5 Å². The van der Waals surface area contributed by atoms with Crippen LogP contribution in [0.4, 0.5) is 5.82 Å². The quantitative estimate of drug-likeness (QED) is 0.786. The fourth-order valence-corrected chi connectivity index (χ4v) is 3.66. The molecule has 8 heteroatoms. The second-order valence-electron chi connectivity index (χ2n) is 6.96. The lowest BCUT2D eigenvalue weighted by Gasteiger charge is -2.34. The van der Waals surface area contributed by atoms with E-state index in [1.54, 1.807) is 13.3 Å². The van der Waals surface area contributed by atoms with Gasteiger partial charge in [-0.05, 0) is 20.4 Å². The van der Waals surface area contributed by atoms with E-state index < -0.39 is 0 Å². The number of hydrogen-bond donors (Lipinski definition) is 0. The molecular weight excluding hydrogens is 332 g/mol. The number of hydrogen-bond acceptors (Lipinski definition) is 7. The largest absolute Gasteiger partial charge is 0.448 e. The number of piperazine rings is 1. The number of likely N-dealkylation sites (N-methyl/N-ethyl adjacent to an activating group) is 1. The highest BCUT2D eigenvalue weighted by Gasteiger charge is 2.27. The number of amides is 1. The number of fused-ring (bicyclic) bond motifs is 1. The van der Waals surface area contributed by atoms with E-state index >= 15 is 0 Å². The maximum Gasteiger partial charge on any atom is 0.276 e. The van der Waals surface area contributed by atoms with Gasteiger partial charge in [-0.2, -0.15) is 0 Å². The maximum absolute atomic E-state index is 12.8. The van der Waals surface area contributed by atoms with Crippen molar-refractivity contribution in [2.45, 2.75) is 19.8 Å². The minimum absolute atomic E-state index is 0.0711. The highest BCUT2D eigenvalue weighted by atomic mass is 16.3. The zero-order valence-electron chi connectivity index (χ0n) is 15.3. The summed E-state index contributed by atoms with van der Waals surface area (Å²) in [6, 6.07) is 0. The van der Waals surface area contributed by atoms with E-state index in [9.17, 15) is 4.79 Å². The zero-order chi connectivity index (χ0) is 18.1. The number of carbonyl (C=O) groups excluding carboxylic acids is 1. The predicted octanol–water partition coefficient (Wildman–Crippen LogP) is 0.766. The first-order chi connectivity index (χ1) is 12.6. The molecule has 0 bridgehead atoms. The Hall–Kier alpha value is -2.48. The Bertz CT molecular complexity index is 797. The Kier molecular flexibility index (Phi) is 4.58. The molecule has 0 spiro atoms. The van der Waals surface area contributed by atoms with Crippen LogP contribution in [0.25, 0.3) is 0 Å². The van der Waals surface area contributed by atoms with Gasteiger partial charge in [-0.3, -0.25) is 4.79 Å². The number of aromatic nitrogens is 3. The maximum atomic E-state index is 12.8. The molecule has 26 heavy (non-hydrogen) atoms. The minimum Gasteiger partial charge on any atom is -0.448 e. The number of nitrogens with zero attached hydrogens (tertiary/aromatic N) is 6. The molecule has 2 aliphatic heterocycles. The van der Waals surface area contributed by atoms with Crippen LogP contribution in [0.3, 0.4) is 0 Å². The van der Waals surface area contributed by atoms with Gasteiger partial charge < -0.3 is 19.1 Å². The molecule has 2 aromatic heterocycles. The van der Waals surface area contributed by atoms with Gasteiger partial charge in [-0.15, -0.1) is 0 Å². The molecule has 0 saturated carbocycles. The summed E-state index contributed by atoms with van der Waals surface area (Å²) in [6.45, 7) is 7.07. The van der Waals surface area contributed by atoms with Crippen molar-refractivity contribution in [3.05, 3.63) is 35.4 Å². The van der Waals surface area contributed by atoms with Crippen molar-refractivity contribution >= 4 is 11.7 Å². The average molecular weight is 356 g/mol. The van der Waals surface area contributed by atoms with Crippen LogP contribution in [0.2, 0.25) is 0 Å². The summed E-state index contributed by atoms with van der Waals surface area (Å²) in [5, 5.41) is 0. The molecular formula is C18H24N6O2. The summed E-state index contributed by atoms with van der Waals surface area (Å²) in [6.07, 6.45) is 4.49. The Morgan fingerprint density at radius 1 is 1.04 bits per heavy atom. The average Bonchev–Trinajstić information content (AvgIpc) is 2.96. The molecule has 0 unspecified atom stereocenters. The van der Waals surface area contributed by atoms with Gasteiger partial charge >= 0.3 is 0 Å². The van der Waals surface area contributed by atoms with Crippen molar-refractivity contribution in [1.29, 1.82) is 0 Å². The van der Waals surface area contributed by atoms with Gasteiger partial charge in [0.05, 0.1) is 5.69 Å². The van der Waals surface area contributed by atoms with Gasteiger partial charge in [0, 0.05) is 51.3 Å². The van der Waals surface area contributed by atoms with Crippen LogP contribution in [0.1, 0.15) is 27.5 Å². The van der Waals surface area contributed by atoms with Gasteiger partial charge in [0.1, 0.15) is 17.9 Å². The normalized spacial score (nSPS) is 18.5. The summed E-state index contributed by atoms with van der Waals surface area (Å²) in [7, 11) is 2.15. The first-order valence-electron chi connectivity index (χ1n) is 9.09. The number of rotatable bonds is 2. The third-order valence-electron chi connectivity index (χ3n) is 5.30. The lowest BCUT2D eigenvalue weighted by atomic mass is 10.1. The van der Waals surface area contributed by atoms with E-state index in [4.69, 9.17) is 4.42 Å². The third-order valence-corrected chi connectivity index (χ3v) is 5.30. The van der Waals surface area contributed by atoms with Crippen molar-refractivity contribution in [3.8, 4) is 0 Å². The first-order valence-corrected chi connectivity index (χ1v) is 9.09. The summed E-state index contributed by atoms with van der Waals surface area (Å²) < 4.78 is 5.19. The molecule has 2 aliphatic rings. The standard InChI is InChI=1S/C18H24N6O2/c1-13-16(21-12-26-13)18(25)24-5-3-14-15(4-6-24)19-11-20-17(14)23-9-7-22(2)8-10-23/h11-12H,3-10H2,1-2H3. The molecule has 138 valence electrons. The highest BCUT2D eigenvalue weighted by molar-refractivity contribution is 5.93. The molecule has 0 N–H and O–H groups in total. The van der Waals surface area contributed by atoms with E-state index in [1.165, 1.54) is 12.0 Å². The van der Waals surface area contributed by atoms with E-state index in [2.05, 4.69) is 31.8 Å². The molecule has 8 nitrogen and oxygen atoms in total. The Morgan fingerprint density at radius 2 is 1.81 bits per heavy atom. The minimum atomic E-state index is -0.0711. The number of oxazole rings is 1. The van der Waals surface area contributed by atoms with Crippen LogP contribution in [0, 0.1) is 6.92 Å². The van der Waals surface area contributed by atoms with Crippen LogP contribution in [-0.4, -0.2) is 77.0 Å². The van der Waals surface area contributed by atoms with Gasteiger partial charge in [-0.25, -0.2) is 15.0 Å². The smallest absolute Gasteiger partial charge is 0.276 e. The van der Waals surface area contributed by atoms with Crippen LogP contribution in [-0.2, 0) is 12.8 Å². The third kappa shape index (κ3) is 3.16. The zero-order valence-corrected chi connectivity index (χ0v) is 15.3. The van der Waals surface area contributed by atoms with Gasteiger partial charge in [-0.1, -0.05) is 0 Å². The van der Waals surface area contributed by atoms with Crippen molar-refractivity contribution in [2.75, 3.05) is 51.2 Å². The Morgan fingerprint density at radius 3 is 2.54 bits per heavy atom. The van der Waals surface area contributed by atoms with Crippen LogP contribution < -0.4 is 4.90 Å². The number of carbonyl (C=O) groups is 1. The molecule has 0 atom stereocenters. The van der Waals surface area contributed by atoms with Gasteiger partial charge in [0.2, 0.25) is 0 Å². The van der Waals surface area contributed by atoms with Crippen molar-refractivity contribution < 1.29 is 9.21 Å². The molecule has 0 aliphatic carbocycles. The predicted molar refractivity (Wildman–Crippen MR) is 96.3 cm³/mol. The summed E-state index contributed by atoms with van der Waals surface area (Å²) in [5.41, 5.74) is 2.65.